The third-order valence-electron chi connectivity index (χ3n) is 2.60. The van der Waals surface area contributed by atoms with Crippen LogP contribution in [-0.4, -0.2) is 12.2 Å². The summed E-state index contributed by atoms with van der Waals surface area (Å²) in [5.41, 5.74) is 2.56. The van der Waals surface area contributed by atoms with Crippen molar-refractivity contribution in [2.75, 3.05) is 11.6 Å². The Balaban J connectivity index is 2.11. The molecule has 1 amide bonds. The van der Waals surface area contributed by atoms with Gasteiger partial charge in [-0.25, -0.2) is 0 Å². The normalized spacial score (nSPS) is 10.2. The third kappa shape index (κ3) is 4.01. The largest absolute Gasteiger partial charge is 0.322 e. The zero-order valence-electron chi connectivity index (χ0n) is 10.5. The van der Waals surface area contributed by atoms with E-state index < -0.39 is 0 Å². The number of rotatable bonds is 4. The molecule has 2 nitrogen and oxygen atoms in total. The first kappa shape index (κ1) is 14.0. The Hall–Kier alpha value is -1.45. The molecule has 0 saturated heterocycles. The minimum absolute atomic E-state index is 0.106. The fraction of sp³-hybridized carbons (Fsp3) is 0.133. The average molecular weight is 292 g/mol. The second-order valence-electron chi connectivity index (χ2n) is 4.09. The van der Waals surface area contributed by atoms with Gasteiger partial charge in [0.25, 0.3) is 5.91 Å². The second kappa shape index (κ2) is 6.64. The quantitative estimate of drug-likeness (QED) is 0.901. The Morgan fingerprint density at radius 1 is 1.21 bits per heavy atom. The van der Waals surface area contributed by atoms with E-state index in [1.54, 1.807) is 36.0 Å². The zero-order valence-corrected chi connectivity index (χ0v) is 12.1. The number of carbonyl (C=O) groups is 1. The highest BCUT2D eigenvalue weighted by molar-refractivity contribution is 7.97. The van der Waals surface area contributed by atoms with Crippen molar-refractivity contribution in [1.82, 2.24) is 0 Å². The van der Waals surface area contributed by atoms with E-state index in [9.17, 15) is 4.79 Å². The van der Waals surface area contributed by atoms with Crippen LogP contribution >= 0.6 is 23.4 Å². The van der Waals surface area contributed by atoms with Gasteiger partial charge in [-0.05, 0) is 48.2 Å². The summed E-state index contributed by atoms with van der Waals surface area (Å²) in [6.07, 6.45) is 2.04. The van der Waals surface area contributed by atoms with Crippen molar-refractivity contribution in [3.05, 3.63) is 64.7 Å². The Bertz CT molecular complexity index is 569. The fourth-order valence-electron chi connectivity index (χ4n) is 1.71. The van der Waals surface area contributed by atoms with Gasteiger partial charge in [-0.2, -0.15) is 11.8 Å². The van der Waals surface area contributed by atoms with Gasteiger partial charge in [-0.1, -0.05) is 23.7 Å². The van der Waals surface area contributed by atoms with Gasteiger partial charge < -0.3 is 5.32 Å². The van der Waals surface area contributed by atoms with E-state index in [0.29, 0.717) is 10.6 Å². The van der Waals surface area contributed by atoms with Crippen molar-refractivity contribution in [3.63, 3.8) is 0 Å². The molecule has 0 spiro atoms. The molecular weight excluding hydrogens is 278 g/mol. The molecule has 0 saturated carbocycles. The van der Waals surface area contributed by atoms with Gasteiger partial charge in [-0.15, -0.1) is 0 Å². The smallest absolute Gasteiger partial charge is 0.255 e. The van der Waals surface area contributed by atoms with Gasteiger partial charge in [0.05, 0.1) is 0 Å². The molecule has 0 bridgehead atoms. The lowest BCUT2D eigenvalue weighted by Crippen LogP contribution is -2.11. The predicted octanol–water partition coefficient (Wildman–Crippen LogP) is 4.46. The molecule has 19 heavy (non-hydrogen) atoms. The van der Waals surface area contributed by atoms with Gasteiger partial charge in [0.1, 0.15) is 0 Å². The van der Waals surface area contributed by atoms with Gasteiger partial charge >= 0.3 is 0 Å². The maximum Gasteiger partial charge on any atom is 0.255 e. The molecule has 0 unspecified atom stereocenters. The first-order valence-corrected chi connectivity index (χ1v) is 7.61. The molecule has 2 aromatic rings. The molecule has 0 aliphatic rings. The first-order chi connectivity index (χ1) is 9.19. The number of thioether (sulfide) groups is 1. The van der Waals surface area contributed by atoms with Gasteiger partial charge in [0.2, 0.25) is 0 Å². The van der Waals surface area contributed by atoms with Crippen LogP contribution in [0.5, 0.6) is 0 Å². The summed E-state index contributed by atoms with van der Waals surface area (Å²) in [6, 6.07) is 14.7. The maximum absolute atomic E-state index is 12.1. The molecule has 0 fully saturated rings. The number of anilines is 1. The number of benzene rings is 2. The van der Waals surface area contributed by atoms with Crippen molar-refractivity contribution in [1.29, 1.82) is 0 Å². The summed E-state index contributed by atoms with van der Waals surface area (Å²) in [6.45, 7) is 0. The van der Waals surface area contributed by atoms with E-state index in [4.69, 9.17) is 11.6 Å². The summed E-state index contributed by atoms with van der Waals surface area (Å²) in [5, 5.41) is 3.50. The monoisotopic (exact) mass is 291 g/mol. The average Bonchev–Trinajstić information content (AvgIpc) is 2.42. The van der Waals surface area contributed by atoms with Crippen molar-refractivity contribution in [3.8, 4) is 0 Å². The van der Waals surface area contributed by atoms with Crippen LogP contribution in [0.4, 0.5) is 5.69 Å². The van der Waals surface area contributed by atoms with E-state index in [1.807, 2.05) is 30.5 Å². The summed E-state index contributed by atoms with van der Waals surface area (Å²) in [7, 11) is 0. The molecule has 0 aliphatic heterocycles. The SMILES string of the molecule is CSCc1cccc(C(=O)Nc2ccc(Cl)cc2)c1. The Labute approximate surface area is 122 Å². The van der Waals surface area contributed by atoms with Crippen LogP contribution in [0.2, 0.25) is 5.02 Å². The molecule has 0 aliphatic carbocycles. The van der Waals surface area contributed by atoms with E-state index in [2.05, 4.69) is 5.32 Å². The lowest BCUT2D eigenvalue weighted by atomic mass is 10.1. The fourth-order valence-corrected chi connectivity index (χ4v) is 2.34. The summed E-state index contributed by atoms with van der Waals surface area (Å²) < 4.78 is 0. The highest BCUT2D eigenvalue weighted by Gasteiger charge is 2.06. The lowest BCUT2D eigenvalue weighted by Gasteiger charge is -2.06. The first-order valence-electron chi connectivity index (χ1n) is 5.84. The zero-order chi connectivity index (χ0) is 13.7. The minimum atomic E-state index is -0.106. The number of hydrogen-bond acceptors (Lipinski definition) is 2. The van der Waals surface area contributed by atoms with E-state index in [1.165, 1.54) is 0 Å². The third-order valence-corrected chi connectivity index (χ3v) is 3.48. The van der Waals surface area contributed by atoms with Crippen LogP contribution in [0.1, 0.15) is 15.9 Å². The summed E-state index contributed by atoms with van der Waals surface area (Å²) in [4.78, 5) is 12.1. The van der Waals surface area contributed by atoms with Gasteiger partial charge in [0, 0.05) is 22.0 Å². The van der Waals surface area contributed by atoms with Crippen molar-refractivity contribution in [2.24, 2.45) is 0 Å². The maximum atomic E-state index is 12.1. The van der Waals surface area contributed by atoms with Crippen molar-refractivity contribution < 1.29 is 4.79 Å². The Kier molecular flexibility index (Phi) is 4.88. The lowest BCUT2D eigenvalue weighted by molar-refractivity contribution is 0.102. The minimum Gasteiger partial charge on any atom is -0.322 e. The van der Waals surface area contributed by atoms with E-state index in [0.717, 1.165) is 17.0 Å². The van der Waals surface area contributed by atoms with Crippen LogP contribution in [0.3, 0.4) is 0 Å². The Morgan fingerprint density at radius 3 is 2.63 bits per heavy atom. The van der Waals surface area contributed by atoms with Crippen LogP contribution in [-0.2, 0) is 5.75 Å². The molecule has 4 heteroatoms. The Morgan fingerprint density at radius 2 is 1.95 bits per heavy atom. The molecule has 0 atom stereocenters. The van der Waals surface area contributed by atoms with Gasteiger partial charge in [-0.3, -0.25) is 4.79 Å². The molecule has 98 valence electrons. The number of hydrogen-bond donors (Lipinski definition) is 1. The highest BCUT2D eigenvalue weighted by atomic mass is 35.5. The topological polar surface area (TPSA) is 29.1 Å². The number of carbonyl (C=O) groups excluding carboxylic acids is 1. The molecule has 0 heterocycles. The van der Waals surface area contributed by atoms with Crippen molar-refractivity contribution >= 4 is 35.0 Å². The number of nitrogens with one attached hydrogen (secondary N) is 1. The molecular formula is C15H14ClNOS. The standard InChI is InChI=1S/C15H14ClNOS/c1-19-10-11-3-2-4-12(9-11)15(18)17-14-7-5-13(16)6-8-14/h2-9H,10H2,1H3,(H,17,18). The molecule has 0 radical (unpaired) electrons. The predicted molar refractivity (Wildman–Crippen MR) is 83.1 cm³/mol. The van der Waals surface area contributed by atoms with Gasteiger partial charge in [0.15, 0.2) is 0 Å². The molecule has 0 aromatic heterocycles. The molecule has 2 aromatic carbocycles. The van der Waals surface area contributed by atoms with Crippen LogP contribution in [0.25, 0.3) is 0 Å². The van der Waals surface area contributed by atoms with Crippen LogP contribution in [0, 0.1) is 0 Å². The molecule has 1 N–H and O–H groups in total. The van der Waals surface area contributed by atoms with E-state index >= 15 is 0 Å². The van der Waals surface area contributed by atoms with Crippen LogP contribution in [0.15, 0.2) is 48.5 Å². The van der Waals surface area contributed by atoms with Crippen LogP contribution < -0.4 is 5.32 Å². The van der Waals surface area contributed by atoms with E-state index in [-0.39, 0.29) is 5.91 Å². The van der Waals surface area contributed by atoms with Crippen molar-refractivity contribution in [2.45, 2.75) is 5.75 Å². The highest BCUT2D eigenvalue weighted by Crippen LogP contribution is 2.16. The number of halogens is 1. The molecule has 2 rings (SSSR count). The number of amides is 1. The summed E-state index contributed by atoms with van der Waals surface area (Å²) in [5.74, 6) is 0.799. The second-order valence-corrected chi connectivity index (χ2v) is 5.40. The summed E-state index contributed by atoms with van der Waals surface area (Å²) >= 11 is 7.54.